The third kappa shape index (κ3) is 3.49. The van der Waals surface area contributed by atoms with E-state index in [1.807, 2.05) is 0 Å². The number of nitrogens with zero attached hydrogens (tertiary/aromatic N) is 4. The van der Waals surface area contributed by atoms with E-state index in [1.54, 1.807) is 19.2 Å². The molecule has 0 unspecified atom stereocenters. The lowest BCUT2D eigenvalue weighted by molar-refractivity contribution is 0.420. The van der Waals surface area contributed by atoms with E-state index in [1.165, 1.54) is 33.5 Å². The molecule has 0 saturated carbocycles. The van der Waals surface area contributed by atoms with Gasteiger partial charge >= 0.3 is 0 Å². The van der Waals surface area contributed by atoms with E-state index in [4.69, 9.17) is 11.6 Å². The lowest BCUT2D eigenvalue weighted by Gasteiger charge is -2.20. The van der Waals surface area contributed by atoms with Crippen molar-refractivity contribution in [2.24, 2.45) is 7.05 Å². The van der Waals surface area contributed by atoms with Gasteiger partial charge in [-0.3, -0.25) is 4.68 Å². The van der Waals surface area contributed by atoms with Crippen LogP contribution in [-0.2, 0) is 23.6 Å². The van der Waals surface area contributed by atoms with Crippen LogP contribution in [0.15, 0.2) is 48.1 Å². The molecule has 0 atom stereocenters. The van der Waals surface area contributed by atoms with Crippen LogP contribution in [0.2, 0.25) is 5.02 Å². The van der Waals surface area contributed by atoms with Gasteiger partial charge in [-0.2, -0.15) is 9.40 Å². The molecular weight excluding hydrogens is 312 g/mol. The number of sulfonamides is 1. The van der Waals surface area contributed by atoms with Crippen molar-refractivity contribution in [2.75, 3.05) is 6.54 Å². The third-order valence-corrected chi connectivity index (χ3v) is 4.93. The Morgan fingerprint density at radius 1 is 1.48 bits per heavy atom. The Labute approximate surface area is 128 Å². The van der Waals surface area contributed by atoms with Crippen molar-refractivity contribution in [1.82, 2.24) is 19.1 Å². The fourth-order valence-electron chi connectivity index (χ4n) is 1.79. The molecule has 2 rings (SSSR count). The fraction of sp³-hybridized carbons (Fsp3) is 0.231. The molecule has 0 spiro atoms. The molecule has 0 fully saturated rings. The van der Waals surface area contributed by atoms with Crippen LogP contribution < -0.4 is 0 Å². The molecule has 21 heavy (non-hydrogen) atoms. The van der Waals surface area contributed by atoms with E-state index in [0.29, 0.717) is 10.8 Å². The molecule has 0 aliphatic rings. The summed E-state index contributed by atoms with van der Waals surface area (Å²) in [6.07, 6.45) is 2.91. The van der Waals surface area contributed by atoms with Crippen molar-refractivity contribution in [3.8, 4) is 0 Å². The standard InChI is InChI=1S/C13H15ClN4O2S/c1-3-7-18(9-13-15-10-16-17(13)2)21(19,20)12-6-4-5-11(14)8-12/h3-6,8,10H,1,7,9H2,2H3. The smallest absolute Gasteiger partial charge is 0.243 e. The van der Waals surface area contributed by atoms with Crippen LogP contribution in [0.1, 0.15) is 5.82 Å². The summed E-state index contributed by atoms with van der Waals surface area (Å²) in [6, 6.07) is 6.16. The highest BCUT2D eigenvalue weighted by atomic mass is 35.5. The van der Waals surface area contributed by atoms with Gasteiger partial charge in [0.1, 0.15) is 12.2 Å². The van der Waals surface area contributed by atoms with Crippen LogP contribution in [0.25, 0.3) is 0 Å². The molecule has 1 aromatic carbocycles. The van der Waals surface area contributed by atoms with Crippen molar-refractivity contribution in [1.29, 1.82) is 0 Å². The van der Waals surface area contributed by atoms with Gasteiger partial charge in [-0.25, -0.2) is 13.4 Å². The summed E-state index contributed by atoms with van der Waals surface area (Å²) in [7, 11) is -1.97. The van der Waals surface area contributed by atoms with Gasteiger partial charge in [0.15, 0.2) is 0 Å². The van der Waals surface area contributed by atoms with Crippen LogP contribution in [-0.4, -0.2) is 34.0 Å². The van der Waals surface area contributed by atoms with Gasteiger partial charge in [-0.15, -0.1) is 6.58 Å². The number of rotatable bonds is 6. The van der Waals surface area contributed by atoms with Gasteiger partial charge in [0, 0.05) is 18.6 Å². The zero-order chi connectivity index (χ0) is 15.5. The quantitative estimate of drug-likeness (QED) is 0.760. The number of halogens is 1. The van der Waals surface area contributed by atoms with Gasteiger partial charge in [0.05, 0.1) is 11.4 Å². The van der Waals surface area contributed by atoms with Gasteiger partial charge in [-0.1, -0.05) is 23.7 Å². The average molecular weight is 327 g/mol. The van der Waals surface area contributed by atoms with E-state index >= 15 is 0 Å². The van der Waals surface area contributed by atoms with Crippen LogP contribution in [0.3, 0.4) is 0 Å². The molecule has 0 radical (unpaired) electrons. The molecule has 1 heterocycles. The maximum absolute atomic E-state index is 12.7. The van der Waals surface area contributed by atoms with Crippen LogP contribution in [0.5, 0.6) is 0 Å². The summed E-state index contributed by atoms with van der Waals surface area (Å²) in [4.78, 5) is 4.19. The van der Waals surface area contributed by atoms with E-state index in [0.717, 1.165) is 0 Å². The SMILES string of the molecule is C=CCN(Cc1ncnn1C)S(=O)(=O)c1cccc(Cl)c1. The Kier molecular flexibility index (Phi) is 4.76. The molecule has 112 valence electrons. The first-order valence-electron chi connectivity index (χ1n) is 6.14. The van der Waals surface area contributed by atoms with Gasteiger partial charge in [0.25, 0.3) is 0 Å². The van der Waals surface area contributed by atoms with Crippen LogP contribution >= 0.6 is 11.6 Å². The van der Waals surface area contributed by atoms with Crippen molar-refractivity contribution >= 4 is 21.6 Å². The second kappa shape index (κ2) is 6.38. The van der Waals surface area contributed by atoms with E-state index in [9.17, 15) is 8.42 Å². The van der Waals surface area contributed by atoms with Crippen LogP contribution in [0, 0.1) is 0 Å². The number of hydrogen-bond donors (Lipinski definition) is 0. The summed E-state index contributed by atoms with van der Waals surface area (Å²) in [5.74, 6) is 0.544. The molecule has 2 aromatic rings. The summed E-state index contributed by atoms with van der Waals surface area (Å²) in [6.45, 7) is 3.88. The number of benzene rings is 1. The Balaban J connectivity index is 2.37. The summed E-state index contributed by atoms with van der Waals surface area (Å²) in [5.41, 5.74) is 0. The molecule has 0 aliphatic heterocycles. The predicted molar refractivity (Wildman–Crippen MR) is 80.2 cm³/mol. The zero-order valence-corrected chi connectivity index (χ0v) is 13.0. The van der Waals surface area contributed by atoms with Crippen LogP contribution in [0.4, 0.5) is 0 Å². The van der Waals surface area contributed by atoms with E-state index in [-0.39, 0.29) is 18.0 Å². The van der Waals surface area contributed by atoms with E-state index < -0.39 is 10.0 Å². The second-order valence-electron chi connectivity index (χ2n) is 4.34. The monoisotopic (exact) mass is 326 g/mol. The highest BCUT2D eigenvalue weighted by Crippen LogP contribution is 2.20. The first kappa shape index (κ1) is 15.7. The highest BCUT2D eigenvalue weighted by molar-refractivity contribution is 7.89. The van der Waals surface area contributed by atoms with Gasteiger partial charge in [0.2, 0.25) is 10.0 Å². The molecular formula is C13H15ClN4O2S. The third-order valence-electron chi connectivity index (χ3n) is 2.89. The number of aryl methyl sites for hydroxylation is 1. The van der Waals surface area contributed by atoms with Crippen molar-refractivity contribution in [3.63, 3.8) is 0 Å². The van der Waals surface area contributed by atoms with Gasteiger partial charge in [-0.05, 0) is 18.2 Å². The number of hydrogen-bond acceptors (Lipinski definition) is 4. The lowest BCUT2D eigenvalue weighted by Crippen LogP contribution is -2.32. The van der Waals surface area contributed by atoms with Gasteiger partial charge < -0.3 is 0 Å². The second-order valence-corrected chi connectivity index (χ2v) is 6.72. The summed E-state index contributed by atoms with van der Waals surface area (Å²) < 4.78 is 28.2. The maximum Gasteiger partial charge on any atom is 0.243 e. The summed E-state index contributed by atoms with van der Waals surface area (Å²) >= 11 is 5.87. The first-order valence-corrected chi connectivity index (χ1v) is 7.96. The lowest BCUT2D eigenvalue weighted by atomic mass is 10.4. The Morgan fingerprint density at radius 3 is 2.81 bits per heavy atom. The maximum atomic E-state index is 12.7. The molecule has 6 nitrogen and oxygen atoms in total. The Morgan fingerprint density at radius 2 is 2.24 bits per heavy atom. The molecule has 8 heteroatoms. The normalized spacial score (nSPS) is 11.8. The minimum absolute atomic E-state index is 0.108. The molecule has 0 bridgehead atoms. The average Bonchev–Trinajstić information content (AvgIpc) is 2.84. The predicted octanol–water partition coefficient (Wildman–Crippen LogP) is 1.85. The number of aromatic nitrogens is 3. The Bertz CT molecular complexity index is 742. The fourth-order valence-corrected chi connectivity index (χ4v) is 3.46. The molecule has 0 saturated heterocycles. The topological polar surface area (TPSA) is 68.1 Å². The minimum atomic E-state index is -3.68. The largest absolute Gasteiger partial charge is 0.252 e. The van der Waals surface area contributed by atoms with Crippen molar-refractivity contribution in [2.45, 2.75) is 11.4 Å². The highest BCUT2D eigenvalue weighted by Gasteiger charge is 2.25. The van der Waals surface area contributed by atoms with E-state index in [2.05, 4.69) is 16.7 Å². The van der Waals surface area contributed by atoms with Crippen molar-refractivity contribution in [3.05, 3.63) is 54.1 Å². The molecule has 0 aliphatic carbocycles. The molecule has 0 N–H and O–H groups in total. The Hall–Kier alpha value is -1.70. The minimum Gasteiger partial charge on any atom is -0.252 e. The summed E-state index contributed by atoms with van der Waals surface area (Å²) in [5, 5.41) is 4.30. The zero-order valence-electron chi connectivity index (χ0n) is 11.5. The molecule has 1 aromatic heterocycles. The first-order chi connectivity index (χ1) is 9.95. The molecule has 0 amide bonds. The van der Waals surface area contributed by atoms with Crippen molar-refractivity contribution < 1.29 is 8.42 Å².